The van der Waals surface area contributed by atoms with Gasteiger partial charge in [-0.1, -0.05) is 60.7 Å². The van der Waals surface area contributed by atoms with Crippen LogP contribution in [0.2, 0.25) is 0 Å². The fourth-order valence-electron chi connectivity index (χ4n) is 5.91. The maximum atomic E-state index is 13.7. The van der Waals surface area contributed by atoms with Gasteiger partial charge in [0.05, 0.1) is 6.04 Å². The Bertz CT molecular complexity index is 955. The Morgan fingerprint density at radius 1 is 0.892 bits per heavy atom. The molecule has 2 saturated heterocycles. The minimum absolute atomic E-state index is 0. The molecule has 2 aliphatic heterocycles. The molecule has 2 fully saturated rings. The number of hydrogen-bond acceptors (Lipinski definition) is 3. The van der Waals surface area contributed by atoms with Crippen molar-refractivity contribution in [2.24, 2.45) is 11.8 Å². The van der Waals surface area contributed by atoms with Crippen molar-refractivity contribution in [1.82, 2.24) is 14.7 Å². The van der Waals surface area contributed by atoms with Crippen molar-refractivity contribution >= 4 is 24.2 Å². The van der Waals surface area contributed by atoms with Crippen LogP contribution in [0.5, 0.6) is 0 Å². The number of piperidine rings is 2. The van der Waals surface area contributed by atoms with Crippen molar-refractivity contribution in [3.8, 4) is 0 Å². The third kappa shape index (κ3) is 8.31. The molecular formula is C31H44ClN3O2. The zero-order chi connectivity index (χ0) is 25.3. The molecule has 0 N–H and O–H groups in total. The molecular weight excluding hydrogens is 482 g/mol. The molecule has 37 heavy (non-hydrogen) atoms. The van der Waals surface area contributed by atoms with E-state index in [0.717, 1.165) is 51.4 Å². The number of rotatable bonds is 9. The summed E-state index contributed by atoms with van der Waals surface area (Å²) >= 11 is 0. The summed E-state index contributed by atoms with van der Waals surface area (Å²) in [5, 5.41) is 0. The maximum Gasteiger partial charge on any atom is 0.226 e. The van der Waals surface area contributed by atoms with Crippen LogP contribution in [-0.4, -0.2) is 65.8 Å². The topological polar surface area (TPSA) is 43.9 Å². The van der Waals surface area contributed by atoms with Gasteiger partial charge >= 0.3 is 0 Å². The first-order chi connectivity index (χ1) is 17.5. The Hall–Kier alpha value is -2.37. The number of likely N-dealkylation sites (tertiary alicyclic amines) is 2. The fraction of sp³-hybridized carbons (Fsp3) is 0.548. The predicted octanol–water partition coefficient (Wildman–Crippen LogP) is 5.60. The van der Waals surface area contributed by atoms with Crippen LogP contribution in [0.3, 0.4) is 0 Å². The summed E-state index contributed by atoms with van der Waals surface area (Å²) in [5.74, 6) is 1.17. The van der Waals surface area contributed by atoms with Crippen molar-refractivity contribution in [2.75, 3.05) is 39.3 Å². The van der Waals surface area contributed by atoms with Gasteiger partial charge in [0, 0.05) is 32.5 Å². The SMILES string of the molecule is CC(=O)N1CCC(C(=O)N(CCCN2CCC(Cc3ccccc3)CC2)C(C)c2ccccc2)CC1.Cl. The quantitative estimate of drug-likeness (QED) is 0.428. The number of hydrogen-bond donors (Lipinski definition) is 0. The zero-order valence-corrected chi connectivity index (χ0v) is 23.4. The van der Waals surface area contributed by atoms with E-state index in [1.54, 1.807) is 6.92 Å². The molecule has 2 aliphatic rings. The third-order valence-electron chi connectivity index (χ3n) is 8.27. The van der Waals surface area contributed by atoms with Gasteiger partial charge in [0.1, 0.15) is 0 Å². The summed E-state index contributed by atoms with van der Waals surface area (Å²) in [4.78, 5) is 32.0. The highest BCUT2D eigenvalue weighted by molar-refractivity contribution is 5.85. The lowest BCUT2D eigenvalue weighted by Gasteiger charge is -2.37. The lowest BCUT2D eigenvalue weighted by atomic mass is 9.90. The molecule has 2 aromatic rings. The normalized spacial score (nSPS) is 18.2. The molecule has 0 spiro atoms. The molecule has 2 amide bonds. The first kappa shape index (κ1) is 29.2. The van der Waals surface area contributed by atoms with Crippen LogP contribution in [-0.2, 0) is 16.0 Å². The summed E-state index contributed by atoms with van der Waals surface area (Å²) < 4.78 is 0. The van der Waals surface area contributed by atoms with Crippen LogP contribution in [0.1, 0.15) is 63.1 Å². The summed E-state index contributed by atoms with van der Waals surface area (Å²) in [6, 6.07) is 21.3. The van der Waals surface area contributed by atoms with Crippen LogP contribution in [0, 0.1) is 11.8 Å². The van der Waals surface area contributed by atoms with Gasteiger partial charge in [0.2, 0.25) is 11.8 Å². The van der Waals surface area contributed by atoms with Gasteiger partial charge in [0.15, 0.2) is 0 Å². The van der Waals surface area contributed by atoms with E-state index in [-0.39, 0.29) is 36.2 Å². The molecule has 1 unspecified atom stereocenters. The van der Waals surface area contributed by atoms with Crippen LogP contribution < -0.4 is 0 Å². The first-order valence-electron chi connectivity index (χ1n) is 13.9. The van der Waals surface area contributed by atoms with Gasteiger partial charge in [-0.15, -0.1) is 12.4 Å². The average molecular weight is 526 g/mol. The van der Waals surface area contributed by atoms with Gasteiger partial charge in [-0.25, -0.2) is 0 Å². The summed E-state index contributed by atoms with van der Waals surface area (Å²) in [6.45, 7) is 9.31. The summed E-state index contributed by atoms with van der Waals surface area (Å²) in [7, 11) is 0. The van der Waals surface area contributed by atoms with E-state index in [2.05, 4.69) is 71.3 Å². The molecule has 4 rings (SSSR count). The third-order valence-corrected chi connectivity index (χ3v) is 8.27. The van der Waals surface area contributed by atoms with Gasteiger partial charge < -0.3 is 14.7 Å². The smallest absolute Gasteiger partial charge is 0.226 e. The zero-order valence-electron chi connectivity index (χ0n) is 22.6. The molecule has 0 radical (unpaired) electrons. The van der Waals surface area contributed by atoms with Gasteiger partial charge in [-0.2, -0.15) is 0 Å². The summed E-state index contributed by atoms with van der Waals surface area (Å²) in [6.07, 6.45) is 6.24. The van der Waals surface area contributed by atoms with E-state index in [0.29, 0.717) is 13.1 Å². The molecule has 5 nitrogen and oxygen atoms in total. The minimum atomic E-state index is 0. The van der Waals surface area contributed by atoms with E-state index in [1.165, 1.54) is 30.4 Å². The van der Waals surface area contributed by atoms with Crippen molar-refractivity contribution in [3.63, 3.8) is 0 Å². The largest absolute Gasteiger partial charge is 0.343 e. The molecule has 2 heterocycles. The first-order valence-corrected chi connectivity index (χ1v) is 13.9. The highest BCUT2D eigenvalue weighted by Crippen LogP contribution is 2.27. The van der Waals surface area contributed by atoms with Gasteiger partial charge in [-0.05, 0) is 82.1 Å². The molecule has 1 atom stereocenters. The van der Waals surface area contributed by atoms with Crippen LogP contribution in [0.15, 0.2) is 60.7 Å². The molecule has 0 aliphatic carbocycles. The summed E-state index contributed by atoms with van der Waals surface area (Å²) in [5.41, 5.74) is 2.64. The monoisotopic (exact) mass is 525 g/mol. The van der Waals surface area contributed by atoms with Crippen LogP contribution in [0.4, 0.5) is 0 Å². The minimum Gasteiger partial charge on any atom is -0.343 e. The Labute approximate surface area is 229 Å². The second kappa shape index (κ2) is 14.5. The Balaban J connectivity index is 0.00000380. The van der Waals surface area contributed by atoms with Crippen molar-refractivity contribution < 1.29 is 9.59 Å². The van der Waals surface area contributed by atoms with Crippen molar-refractivity contribution in [2.45, 2.75) is 58.4 Å². The number of nitrogens with zero attached hydrogens (tertiary/aromatic N) is 3. The molecule has 6 heteroatoms. The highest BCUT2D eigenvalue weighted by Gasteiger charge is 2.32. The standard InChI is InChI=1S/C31H43N3O2.ClH/c1-25(29-12-7-4-8-13-29)34(31(36)30-16-22-33(23-17-30)26(2)35)19-9-18-32-20-14-28(15-21-32)24-27-10-5-3-6-11-27;/h3-8,10-13,25,28,30H,9,14-24H2,1-2H3;1H. The lowest BCUT2D eigenvalue weighted by molar-refractivity contribution is -0.142. The molecule has 0 bridgehead atoms. The number of carbonyl (C=O) groups excluding carboxylic acids is 2. The van der Waals surface area contributed by atoms with E-state index in [9.17, 15) is 9.59 Å². The van der Waals surface area contributed by atoms with Crippen molar-refractivity contribution in [1.29, 1.82) is 0 Å². The van der Waals surface area contributed by atoms with Gasteiger partial charge in [-0.3, -0.25) is 9.59 Å². The average Bonchev–Trinajstić information content (AvgIpc) is 2.92. The molecule has 202 valence electrons. The second-order valence-corrected chi connectivity index (χ2v) is 10.7. The molecule has 0 saturated carbocycles. The number of benzene rings is 2. The van der Waals surface area contributed by atoms with E-state index >= 15 is 0 Å². The number of halogens is 1. The Morgan fingerprint density at radius 2 is 1.49 bits per heavy atom. The predicted molar refractivity (Wildman–Crippen MR) is 153 cm³/mol. The van der Waals surface area contributed by atoms with E-state index in [1.807, 2.05) is 11.0 Å². The van der Waals surface area contributed by atoms with Crippen LogP contribution >= 0.6 is 12.4 Å². The Morgan fingerprint density at radius 3 is 2.08 bits per heavy atom. The van der Waals surface area contributed by atoms with Crippen LogP contribution in [0.25, 0.3) is 0 Å². The van der Waals surface area contributed by atoms with Gasteiger partial charge in [0.25, 0.3) is 0 Å². The van der Waals surface area contributed by atoms with E-state index in [4.69, 9.17) is 0 Å². The molecule has 0 aromatic heterocycles. The lowest BCUT2D eigenvalue weighted by Crippen LogP contribution is -2.45. The Kier molecular flexibility index (Phi) is 11.5. The maximum absolute atomic E-state index is 13.7. The van der Waals surface area contributed by atoms with Crippen molar-refractivity contribution in [3.05, 3.63) is 71.8 Å². The van der Waals surface area contributed by atoms with E-state index < -0.39 is 0 Å². The number of amides is 2. The highest BCUT2D eigenvalue weighted by atomic mass is 35.5. The number of carbonyl (C=O) groups is 2. The second-order valence-electron chi connectivity index (χ2n) is 10.7. The fourth-order valence-corrected chi connectivity index (χ4v) is 5.91. The molecule has 2 aromatic carbocycles.